The molecule has 0 saturated heterocycles. The first kappa shape index (κ1) is 23.2. The number of halogens is 1. The molecule has 1 N–H and O–H groups in total. The Labute approximate surface area is 197 Å². The monoisotopic (exact) mass is 469 g/mol. The van der Waals surface area contributed by atoms with Gasteiger partial charge < -0.3 is 18.6 Å². The summed E-state index contributed by atoms with van der Waals surface area (Å²) >= 11 is 1.36. The number of carboxylic acids is 1. The minimum atomic E-state index is -1.04. The van der Waals surface area contributed by atoms with Crippen molar-refractivity contribution in [3.63, 3.8) is 0 Å². The number of ether oxygens (including phenoxy) is 1. The zero-order valence-corrected chi connectivity index (χ0v) is 19.9. The molecule has 4 rings (SSSR count). The van der Waals surface area contributed by atoms with E-state index in [1.54, 1.807) is 25.1 Å². The molecule has 5 nitrogen and oxygen atoms in total. The third-order valence-corrected chi connectivity index (χ3v) is 6.71. The van der Waals surface area contributed by atoms with Crippen LogP contribution in [0.5, 0.6) is 5.75 Å². The van der Waals surface area contributed by atoms with Crippen molar-refractivity contribution in [2.75, 3.05) is 10.8 Å². The van der Waals surface area contributed by atoms with Gasteiger partial charge in [0.05, 0.1) is 17.8 Å². The van der Waals surface area contributed by atoms with Crippen molar-refractivity contribution >= 4 is 23.6 Å². The van der Waals surface area contributed by atoms with Crippen LogP contribution in [0.15, 0.2) is 52.0 Å². The first-order valence-electron chi connectivity index (χ1n) is 11.1. The number of aryl methyl sites for hydroxylation is 4. The second kappa shape index (κ2) is 9.91. The maximum Gasteiger partial charge on any atom is 0.335 e. The minimum Gasteiger partial charge on any atom is -0.487 e. The molecule has 1 aliphatic carbocycles. The fourth-order valence-electron chi connectivity index (χ4n) is 4.03. The largest absolute Gasteiger partial charge is 0.487 e. The summed E-state index contributed by atoms with van der Waals surface area (Å²) in [6, 6.07) is 13.0. The number of aromatic carboxylic acids is 1. The molecule has 1 unspecified atom stereocenters. The Bertz CT molecular complexity index is 1160. The summed E-state index contributed by atoms with van der Waals surface area (Å²) in [7, 11) is 0. The van der Waals surface area contributed by atoms with Crippen molar-refractivity contribution in [3.05, 3.63) is 76.0 Å². The van der Waals surface area contributed by atoms with E-state index in [9.17, 15) is 14.3 Å². The first-order chi connectivity index (χ1) is 15.8. The predicted molar refractivity (Wildman–Crippen MR) is 128 cm³/mol. The van der Waals surface area contributed by atoms with Crippen LogP contribution in [-0.2, 0) is 19.4 Å². The summed E-state index contributed by atoms with van der Waals surface area (Å²) < 4.78 is 28.1. The fraction of sp³-hybridized carbons (Fsp3) is 0.346. The van der Waals surface area contributed by atoms with E-state index in [0.717, 1.165) is 41.8 Å². The van der Waals surface area contributed by atoms with Crippen LogP contribution in [-0.4, -0.2) is 23.8 Å². The van der Waals surface area contributed by atoms with Crippen LogP contribution in [0.4, 0.5) is 10.1 Å². The molecule has 3 aromatic rings. The lowest BCUT2D eigenvalue weighted by Crippen LogP contribution is -2.23. The molecule has 0 saturated carbocycles. The van der Waals surface area contributed by atoms with Crippen molar-refractivity contribution in [2.24, 2.45) is 0 Å². The zero-order valence-electron chi connectivity index (χ0n) is 19.1. The van der Waals surface area contributed by atoms with Crippen molar-refractivity contribution < 1.29 is 23.4 Å². The van der Waals surface area contributed by atoms with Crippen LogP contribution in [0.2, 0.25) is 0 Å². The Morgan fingerprint density at radius 1 is 1.18 bits per heavy atom. The number of carboxylic acid groups (broad SMARTS) is 1. The molecule has 0 radical (unpaired) electrons. The Kier molecular flexibility index (Phi) is 6.98. The average molecular weight is 470 g/mol. The molecule has 174 valence electrons. The SMILES string of the molecule is Cc1ccc(SN(CC(C)F)c2cc3c(cc2OCc2ccc(C(=O)O)cc2C)CCC3)o1. The molecule has 33 heavy (non-hydrogen) atoms. The Morgan fingerprint density at radius 3 is 2.58 bits per heavy atom. The molecule has 0 aliphatic heterocycles. The topological polar surface area (TPSA) is 62.9 Å². The van der Waals surface area contributed by atoms with Crippen LogP contribution in [0.1, 0.15) is 51.7 Å². The van der Waals surface area contributed by atoms with Crippen molar-refractivity contribution in [2.45, 2.75) is 57.9 Å². The van der Waals surface area contributed by atoms with Gasteiger partial charge in [-0.15, -0.1) is 0 Å². The Morgan fingerprint density at radius 2 is 1.94 bits per heavy atom. The predicted octanol–water partition coefficient (Wildman–Crippen LogP) is 6.53. The third kappa shape index (κ3) is 5.53. The fourth-order valence-corrected chi connectivity index (χ4v) is 5.06. The molecular weight excluding hydrogens is 441 g/mol. The van der Waals surface area contributed by atoms with Gasteiger partial charge in [0.15, 0.2) is 5.09 Å². The van der Waals surface area contributed by atoms with Gasteiger partial charge >= 0.3 is 5.97 Å². The second-order valence-electron chi connectivity index (χ2n) is 8.48. The number of rotatable bonds is 9. The van der Waals surface area contributed by atoms with Crippen LogP contribution in [0.25, 0.3) is 0 Å². The van der Waals surface area contributed by atoms with Gasteiger partial charge in [-0.1, -0.05) is 6.07 Å². The molecule has 1 heterocycles. The lowest BCUT2D eigenvalue weighted by molar-refractivity contribution is 0.0696. The van der Waals surface area contributed by atoms with E-state index in [1.165, 1.54) is 23.1 Å². The van der Waals surface area contributed by atoms with Crippen LogP contribution < -0.4 is 9.04 Å². The highest BCUT2D eigenvalue weighted by Gasteiger charge is 2.23. The number of benzene rings is 2. The molecule has 0 amide bonds. The van der Waals surface area contributed by atoms with Gasteiger partial charge in [0.2, 0.25) is 0 Å². The Hall–Kier alpha value is -2.93. The number of anilines is 1. The average Bonchev–Trinajstić information content (AvgIpc) is 3.39. The van der Waals surface area contributed by atoms with Gasteiger partial charge in [0.1, 0.15) is 24.3 Å². The first-order valence-corrected chi connectivity index (χ1v) is 11.8. The molecule has 1 atom stereocenters. The van der Waals surface area contributed by atoms with Crippen molar-refractivity contribution in [1.29, 1.82) is 0 Å². The molecule has 1 aromatic heterocycles. The maximum absolute atomic E-state index is 14.2. The number of hydrogen-bond donors (Lipinski definition) is 1. The van der Waals surface area contributed by atoms with Gasteiger partial charge in [0, 0.05) is 11.9 Å². The number of fused-ring (bicyclic) bond motifs is 1. The van der Waals surface area contributed by atoms with Crippen LogP contribution in [0, 0.1) is 13.8 Å². The lowest BCUT2D eigenvalue weighted by Gasteiger charge is -2.26. The summed E-state index contributed by atoms with van der Waals surface area (Å²) in [6.07, 6.45) is 2.06. The summed E-state index contributed by atoms with van der Waals surface area (Å²) in [6.45, 7) is 5.78. The third-order valence-electron chi connectivity index (χ3n) is 5.75. The smallest absolute Gasteiger partial charge is 0.335 e. The van der Waals surface area contributed by atoms with E-state index in [4.69, 9.17) is 9.15 Å². The van der Waals surface area contributed by atoms with Crippen LogP contribution >= 0.6 is 11.9 Å². The van der Waals surface area contributed by atoms with E-state index < -0.39 is 12.1 Å². The molecule has 1 aliphatic rings. The normalized spacial score (nSPS) is 13.6. The summed E-state index contributed by atoms with van der Waals surface area (Å²) in [5.41, 5.74) is 5.37. The van der Waals surface area contributed by atoms with E-state index >= 15 is 0 Å². The Balaban J connectivity index is 1.65. The van der Waals surface area contributed by atoms with Gasteiger partial charge in [-0.05, 0) is 98.7 Å². The summed E-state index contributed by atoms with van der Waals surface area (Å²) in [5, 5.41) is 9.91. The summed E-state index contributed by atoms with van der Waals surface area (Å²) in [5.74, 6) is 0.540. The van der Waals surface area contributed by atoms with E-state index in [2.05, 4.69) is 12.1 Å². The van der Waals surface area contributed by atoms with Gasteiger partial charge in [0.25, 0.3) is 0 Å². The number of nitrogens with zero attached hydrogens (tertiary/aromatic N) is 1. The number of furan rings is 1. The molecule has 2 aromatic carbocycles. The van der Waals surface area contributed by atoms with Crippen LogP contribution in [0.3, 0.4) is 0 Å². The number of hydrogen-bond acceptors (Lipinski definition) is 5. The number of carbonyl (C=O) groups is 1. The highest BCUT2D eigenvalue weighted by atomic mass is 32.2. The standard InChI is InChI=1S/C26H28FNO4S/c1-16-11-21(26(29)30)8-9-22(16)15-31-24-13-20-6-4-5-19(20)12-23(24)28(14-17(2)27)33-25-10-7-18(3)32-25/h7-13,17H,4-6,14-15H2,1-3H3,(H,29,30). The molecular formula is C26H28FNO4S. The maximum atomic E-state index is 14.2. The van der Waals surface area contributed by atoms with E-state index in [-0.39, 0.29) is 12.1 Å². The van der Waals surface area contributed by atoms with Gasteiger partial charge in [-0.2, -0.15) is 0 Å². The molecule has 0 spiro atoms. The molecule has 7 heteroatoms. The lowest BCUT2D eigenvalue weighted by atomic mass is 10.1. The molecule has 0 fully saturated rings. The van der Waals surface area contributed by atoms with E-state index in [0.29, 0.717) is 17.4 Å². The molecule has 0 bridgehead atoms. The number of alkyl halides is 1. The zero-order chi connectivity index (χ0) is 23.5. The van der Waals surface area contributed by atoms with E-state index in [1.807, 2.05) is 30.3 Å². The van der Waals surface area contributed by atoms with Crippen molar-refractivity contribution in [1.82, 2.24) is 0 Å². The summed E-state index contributed by atoms with van der Waals surface area (Å²) in [4.78, 5) is 11.2. The van der Waals surface area contributed by atoms with Crippen molar-refractivity contribution in [3.8, 4) is 5.75 Å². The van der Waals surface area contributed by atoms with Gasteiger partial charge in [-0.3, -0.25) is 0 Å². The second-order valence-corrected chi connectivity index (χ2v) is 9.50. The quantitative estimate of drug-likeness (QED) is 0.359. The minimum absolute atomic E-state index is 0.186. The highest BCUT2D eigenvalue weighted by Crippen LogP contribution is 2.41. The van der Waals surface area contributed by atoms with Gasteiger partial charge in [-0.25, -0.2) is 9.18 Å². The highest BCUT2D eigenvalue weighted by molar-refractivity contribution is 8.00.